The second kappa shape index (κ2) is 9.18. The first-order valence-electron chi connectivity index (χ1n) is 7.34. The minimum Gasteiger partial charge on any atom is -0.487 e. The molecule has 0 amide bonds. The monoisotopic (exact) mass is 296 g/mol. The van der Waals surface area contributed by atoms with Gasteiger partial charge in [-0.15, -0.1) is 0 Å². The Balaban J connectivity index is 2.60. The first-order valence-corrected chi connectivity index (χ1v) is 7.34. The lowest BCUT2D eigenvalue weighted by atomic mass is 10.1. The molecule has 0 fully saturated rings. The lowest BCUT2D eigenvalue weighted by molar-refractivity contribution is -0.385. The van der Waals surface area contributed by atoms with E-state index >= 15 is 0 Å². The van der Waals surface area contributed by atoms with Gasteiger partial charge in [-0.2, -0.15) is 0 Å². The van der Waals surface area contributed by atoms with E-state index in [1.165, 1.54) is 6.07 Å². The number of anilines is 1. The number of nitrogens with one attached hydrogen (secondary N) is 1. The topological polar surface area (TPSA) is 84.6 Å². The number of benzene rings is 1. The molecule has 0 saturated carbocycles. The van der Waals surface area contributed by atoms with Crippen LogP contribution in [0.15, 0.2) is 18.2 Å². The molecule has 0 bridgehead atoms. The summed E-state index contributed by atoms with van der Waals surface area (Å²) in [5.41, 5.74) is 0.797. The van der Waals surface area contributed by atoms with E-state index in [4.69, 9.17) is 9.84 Å². The summed E-state index contributed by atoms with van der Waals surface area (Å²) in [7, 11) is 0. The van der Waals surface area contributed by atoms with Crippen LogP contribution < -0.4 is 10.1 Å². The zero-order valence-corrected chi connectivity index (χ0v) is 12.7. The summed E-state index contributed by atoms with van der Waals surface area (Å²) in [5.74, 6) is 0.600. The molecule has 0 aliphatic heterocycles. The van der Waals surface area contributed by atoms with Crippen molar-refractivity contribution in [2.24, 2.45) is 5.92 Å². The van der Waals surface area contributed by atoms with Gasteiger partial charge in [0.1, 0.15) is 0 Å². The van der Waals surface area contributed by atoms with E-state index in [9.17, 15) is 10.1 Å². The minimum absolute atomic E-state index is 0.0112. The van der Waals surface area contributed by atoms with Crippen molar-refractivity contribution in [3.8, 4) is 5.75 Å². The second-order valence-electron chi connectivity index (χ2n) is 5.14. The second-order valence-corrected chi connectivity index (χ2v) is 5.14. The third-order valence-corrected chi connectivity index (χ3v) is 3.13. The highest BCUT2D eigenvalue weighted by Gasteiger charge is 2.15. The SMILES string of the molecule is CCCOc1cc(NCCCC(C)CO)ccc1[N+](=O)[O-]. The van der Waals surface area contributed by atoms with Crippen molar-refractivity contribution in [2.75, 3.05) is 25.1 Å². The molecule has 0 heterocycles. The van der Waals surface area contributed by atoms with Crippen LogP contribution in [0.4, 0.5) is 11.4 Å². The lowest BCUT2D eigenvalue weighted by Gasteiger charge is -2.11. The van der Waals surface area contributed by atoms with Crippen molar-refractivity contribution in [2.45, 2.75) is 33.1 Å². The maximum Gasteiger partial charge on any atom is 0.311 e. The number of hydrogen-bond acceptors (Lipinski definition) is 5. The summed E-state index contributed by atoms with van der Waals surface area (Å²) in [6.07, 6.45) is 2.67. The highest BCUT2D eigenvalue weighted by Crippen LogP contribution is 2.30. The quantitative estimate of drug-likeness (QED) is 0.393. The normalized spacial score (nSPS) is 12.0. The molecule has 1 rings (SSSR count). The number of nitro groups is 1. The molecule has 0 radical (unpaired) electrons. The van der Waals surface area contributed by atoms with E-state index in [-0.39, 0.29) is 12.3 Å². The minimum atomic E-state index is -0.433. The molecule has 1 unspecified atom stereocenters. The average Bonchev–Trinajstić information content (AvgIpc) is 2.49. The number of nitro benzene ring substituents is 1. The zero-order valence-electron chi connectivity index (χ0n) is 12.7. The first-order chi connectivity index (χ1) is 10.1. The van der Waals surface area contributed by atoms with Crippen LogP contribution in [0.1, 0.15) is 33.1 Å². The fourth-order valence-corrected chi connectivity index (χ4v) is 1.88. The molecule has 0 aromatic heterocycles. The van der Waals surface area contributed by atoms with Crippen molar-refractivity contribution in [1.29, 1.82) is 0 Å². The number of rotatable bonds is 10. The smallest absolute Gasteiger partial charge is 0.311 e. The maximum atomic E-state index is 10.9. The molecule has 0 aliphatic carbocycles. The van der Waals surface area contributed by atoms with Gasteiger partial charge in [-0.1, -0.05) is 13.8 Å². The van der Waals surface area contributed by atoms with Crippen molar-refractivity contribution >= 4 is 11.4 Å². The van der Waals surface area contributed by atoms with Gasteiger partial charge >= 0.3 is 5.69 Å². The molecule has 1 aromatic carbocycles. The van der Waals surface area contributed by atoms with Crippen molar-refractivity contribution in [3.05, 3.63) is 28.3 Å². The third-order valence-electron chi connectivity index (χ3n) is 3.13. The fraction of sp³-hybridized carbons (Fsp3) is 0.600. The zero-order chi connectivity index (χ0) is 15.7. The van der Waals surface area contributed by atoms with E-state index in [1.807, 2.05) is 13.8 Å². The van der Waals surface area contributed by atoms with Crippen LogP contribution in [0.25, 0.3) is 0 Å². The summed E-state index contributed by atoms with van der Waals surface area (Å²) in [6.45, 7) is 5.37. The van der Waals surface area contributed by atoms with Crippen LogP contribution in [0.5, 0.6) is 5.75 Å². The Morgan fingerprint density at radius 2 is 2.24 bits per heavy atom. The standard InChI is InChI=1S/C15H24N2O4/c1-3-9-21-15-10-13(6-7-14(15)17(19)20)16-8-4-5-12(2)11-18/h6-7,10,12,16,18H,3-5,8-9,11H2,1-2H3. The van der Waals surface area contributed by atoms with Gasteiger partial charge in [0.05, 0.1) is 11.5 Å². The van der Waals surface area contributed by atoms with E-state index in [1.54, 1.807) is 12.1 Å². The van der Waals surface area contributed by atoms with E-state index in [0.717, 1.165) is 31.5 Å². The predicted octanol–water partition coefficient (Wildman–Crippen LogP) is 3.20. The fourth-order valence-electron chi connectivity index (χ4n) is 1.88. The van der Waals surface area contributed by atoms with Crippen LogP contribution >= 0.6 is 0 Å². The highest BCUT2D eigenvalue weighted by molar-refractivity contribution is 5.57. The molecule has 0 spiro atoms. The first kappa shape index (κ1) is 17.2. The molecular weight excluding hydrogens is 272 g/mol. The number of aliphatic hydroxyl groups excluding tert-OH is 1. The summed E-state index contributed by atoms with van der Waals surface area (Å²) < 4.78 is 5.44. The summed E-state index contributed by atoms with van der Waals surface area (Å²) in [5, 5.41) is 23.1. The number of nitrogens with zero attached hydrogens (tertiary/aromatic N) is 1. The van der Waals surface area contributed by atoms with Gasteiger partial charge in [-0.25, -0.2) is 0 Å². The van der Waals surface area contributed by atoms with E-state index < -0.39 is 4.92 Å². The molecule has 2 N–H and O–H groups in total. The Bertz CT molecular complexity index is 451. The lowest BCUT2D eigenvalue weighted by Crippen LogP contribution is -2.07. The number of aliphatic hydroxyl groups is 1. The van der Waals surface area contributed by atoms with Crippen molar-refractivity contribution in [1.82, 2.24) is 0 Å². The summed E-state index contributed by atoms with van der Waals surface area (Å²) in [6, 6.07) is 4.82. The van der Waals surface area contributed by atoms with Gasteiger partial charge in [-0.05, 0) is 31.2 Å². The highest BCUT2D eigenvalue weighted by atomic mass is 16.6. The molecule has 6 nitrogen and oxygen atoms in total. The molecule has 0 saturated heterocycles. The molecule has 1 atom stereocenters. The molecule has 0 aliphatic rings. The Kier molecular flexibility index (Phi) is 7.53. The van der Waals surface area contributed by atoms with Crippen LogP contribution in [0.3, 0.4) is 0 Å². The number of hydrogen-bond donors (Lipinski definition) is 2. The van der Waals surface area contributed by atoms with Crippen molar-refractivity contribution < 1.29 is 14.8 Å². The Hall–Kier alpha value is -1.82. The molecule has 21 heavy (non-hydrogen) atoms. The Morgan fingerprint density at radius 1 is 1.48 bits per heavy atom. The van der Waals surface area contributed by atoms with E-state index in [2.05, 4.69) is 5.32 Å². The largest absolute Gasteiger partial charge is 0.487 e. The summed E-state index contributed by atoms with van der Waals surface area (Å²) >= 11 is 0. The van der Waals surface area contributed by atoms with Crippen LogP contribution in [-0.4, -0.2) is 29.8 Å². The van der Waals surface area contributed by atoms with Gasteiger partial charge in [-0.3, -0.25) is 10.1 Å². The summed E-state index contributed by atoms with van der Waals surface area (Å²) in [4.78, 5) is 10.5. The molecular formula is C15H24N2O4. The average molecular weight is 296 g/mol. The Labute approximate surface area is 125 Å². The van der Waals surface area contributed by atoms with Crippen LogP contribution in [0.2, 0.25) is 0 Å². The van der Waals surface area contributed by atoms with Gasteiger partial charge in [0.2, 0.25) is 0 Å². The third kappa shape index (κ3) is 5.99. The van der Waals surface area contributed by atoms with Gasteiger partial charge in [0.25, 0.3) is 0 Å². The van der Waals surface area contributed by atoms with Crippen LogP contribution in [0, 0.1) is 16.0 Å². The van der Waals surface area contributed by atoms with E-state index in [0.29, 0.717) is 18.3 Å². The van der Waals surface area contributed by atoms with Gasteiger partial charge < -0.3 is 15.2 Å². The molecule has 6 heteroatoms. The van der Waals surface area contributed by atoms with Crippen molar-refractivity contribution in [3.63, 3.8) is 0 Å². The molecule has 118 valence electrons. The Morgan fingerprint density at radius 3 is 2.86 bits per heavy atom. The number of ether oxygens (including phenoxy) is 1. The molecule has 1 aromatic rings. The van der Waals surface area contributed by atoms with Crippen LogP contribution in [-0.2, 0) is 0 Å². The van der Waals surface area contributed by atoms with Gasteiger partial charge in [0, 0.05) is 31.0 Å². The van der Waals surface area contributed by atoms with Gasteiger partial charge in [0.15, 0.2) is 5.75 Å². The predicted molar refractivity (Wildman–Crippen MR) is 82.9 cm³/mol. The maximum absolute atomic E-state index is 10.9.